The number of methoxy groups -OCH3 is 1. The minimum absolute atomic E-state index is 0.0601. The third-order valence-electron chi connectivity index (χ3n) is 8.12. The van der Waals surface area contributed by atoms with E-state index in [1.54, 1.807) is 0 Å². The lowest BCUT2D eigenvalue weighted by Gasteiger charge is -2.44. The summed E-state index contributed by atoms with van der Waals surface area (Å²) in [5, 5.41) is 21.8. The first-order valence-corrected chi connectivity index (χ1v) is 11.5. The van der Waals surface area contributed by atoms with Gasteiger partial charge in [0.25, 0.3) is 0 Å². The SMILES string of the molecule is COc1cc(C(=O)OC2CC3(C)OC3CC3(C)C(OC(C)=O)CC(O)(C(C)C)C23)ccc1O. The fourth-order valence-electron chi connectivity index (χ4n) is 6.17. The number of hydrogen-bond acceptors (Lipinski definition) is 8. The lowest BCUT2D eigenvalue weighted by molar-refractivity contribution is -0.155. The Hall–Kier alpha value is -2.32. The molecule has 0 radical (unpaired) electrons. The number of esters is 2. The van der Waals surface area contributed by atoms with Gasteiger partial charge in [0.1, 0.15) is 12.2 Å². The molecule has 1 saturated heterocycles. The van der Waals surface area contributed by atoms with Crippen LogP contribution in [0.1, 0.15) is 64.2 Å². The van der Waals surface area contributed by atoms with Crippen LogP contribution in [0.2, 0.25) is 0 Å². The normalized spacial score (nSPS) is 39.3. The molecule has 33 heavy (non-hydrogen) atoms. The molecule has 3 aliphatic rings. The number of ether oxygens (including phenoxy) is 4. The van der Waals surface area contributed by atoms with Crippen molar-refractivity contribution < 1.29 is 38.7 Å². The highest BCUT2D eigenvalue weighted by atomic mass is 16.6. The van der Waals surface area contributed by atoms with Gasteiger partial charge in [0.2, 0.25) is 0 Å². The van der Waals surface area contributed by atoms with Crippen LogP contribution in [0.3, 0.4) is 0 Å². The second kappa shape index (κ2) is 7.87. The molecular weight excluding hydrogens is 428 g/mol. The molecule has 0 spiro atoms. The molecule has 2 N–H and O–H groups in total. The molecule has 2 saturated carbocycles. The number of epoxide rings is 1. The van der Waals surface area contributed by atoms with Gasteiger partial charge in [0, 0.05) is 31.1 Å². The van der Waals surface area contributed by atoms with Gasteiger partial charge in [-0.3, -0.25) is 4.79 Å². The summed E-state index contributed by atoms with van der Waals surface area (Å²) in [5.74, 6) is -1.49. The molecule has 7 unspecified atom stereocenters. The quantitative estimate of drug-likeness (QED) is 0.506. The maximum atomic E-state index is 13.2. The Labute approximate surface area is 194 Å². The summed E-state index contributed by atoms with van der Waals surface area (Å²) in [6.45, 7) is 9.23. The Morgan fingerprint density at radius 1 is 1.15 bits per heavy atom. The minimum Gasteiger partial charge on any atom is -0.504 e. The largest absolute Gasteiger partial charge is 0.504 e. The fourth-order valence-corrected chi connectivity index (χ4v) is 6.17. The van der Waals surface area contributed by atoms with Gasteiger partial charge in [-0.05, 0) is 37.5 Å². The first-order chi connectivity index (χ1) is 15.3. The lowest BCUT2D eigenvalue weighted by Crippen LogP contribution is -2.51. The molecule has 0 bridgehead atoms. The van der Waals surface area contributed by atoms with Crippen LogP contribution in [0.25, 0.3) is 0 Å². The van der Waals surface area contributed by atoms with Crippen molar-refractivity contribution >= 4 is 11.9 Å². The van der Waals surface area contributed by atoms with Crippen molar-refractivity contribution in [3.05, 3.63) is 23.8 Å². The monoisotopic (exact) mass is 462 g/mol. The second-order valence-corrected chi connectivity index (χ2v) is 10.6. The second-order valence-electron chi connectivity index (χ2n) is 10.6. The zero-order valence-corrected chi connectivity index (χ0v) is 20.1. The van der Waals surface area contributed by atoms with E-state index in [9.17, 15) is 19.8 Å². The van der Waals surface area contributed by atoms with Gasteiger partial charge in [-0.2, -0.15) is 0 Å². The van der Waals surface area contributed by atoms with Crippen molar-refractivity contribution in [1.29, 1.82) is 0 Å². The van der Waals surface area contributed by atoms with Crippen LogP contribution >= 0.6 is 0 Å². The third-order valence-corrected chi connectivity index (χ3v) is 8.12. The molecule has 8 heteroatoms. The highest BCUT2D eigenvalue weighted by Crippen LogP contribution is 2.64. The van der Waals surface area contributed by atoms with Crippen LogP contribution in [-0.2, 0) is 19.0 Å². The van der Waals surface area contributed by atoms with Gasteiger partial charge in [-0.25, -0.2) is 4.79 Å². The topological polar surface area (TPSA) is 115 Å². The zero-order valence-electron chi connectivity index (χ0n) is 20.1. The average Bonchev–Trinajstić information content (AvgIpc) is 3.29. The molecular formula is C25H34O8. The Morgan fingerprint density at radius 2 is 1.85 bits per heavy atom. The molecule has 3 fully saturated rings. The van der Waals surface area contributed by atoms with E-state index < -0.39 is 46.7 Å². The van der Waals surface area contributed by atoms with E-state index in [1.165, 1.54) is 32.2 Å². The minimum atomic E-state index is -1.19. The molecule has 1 aromatic rings. The predicted octanol–water partition coefficient (Wildman–Crippen LogP) is 3.22. The Balaban J connectivity index is 1.73. The van der Waals surface area contributed by atoms with E-state index >= 15 is 0 Å². The first-order valence-electron chi connectivity index (χ1n) is 11.5. The van der Waals surface area contributed by atoms with Crippen LogP contribution in [0.5, 0.6) is 11.5 Å². The summed E-state index contributed by atoms with van der Waals surface area (Å²) in [5.41, 5.74) is -2.07. The van der Waals surface area contributed by atoms with E-state index in [0.29, 0.717) is 12.8 Å². The Morgan fingerprint density at radius 3 is 2.45 bits per heavy atom. The lowest BCUT2D eigenvalue weighted by atomic mass is 9.67. The zero-order chi connectivity index (χ0) is 24.3. The van der Waals surface area contributed by atoms with Crippen molar-refractivity contribution in [2.75, 3.05) is 7.11 Å². The van der Waals surface area contributed by atoms with Crippen molar-refractivity contribution in [3.8, 4) is 11.5 Å². The van der Waals surface area contributed by atoms with Crippen molar-refractivity contribution in [2.45, 2.75) is 83.4 Å². The standard InChI is InChI=1S/C25H34O8/c1-13(2)25(29)12-19(31-14(3)26)23(4)11-20-24(5,33-20)10-18(21(23)25)32-22(28)15-7-8-16(27)17(9-15)30-6/h7-9,13,18-21,27,29H,10-12H2,1-6H3. The van der Waals surface area contributed by atoms with Gasteiger partial charge in [-0.1, -0.05) is 20.8 Å². The molecule has 1 heterocycles. The highest BCUT2D eigenvalue weighted by Gasteiger charge is 2.71. The summed E-state index contributed by atoms with van der Waals surface area (Å²) >= 11 is 0. The van der Waals surface area contributed by atoms with E-state index in [0.717, 1.165) is 0 Å². The van der Waals surface area contributed by atoms with E-state index in [4.69, 9.17) is 18.9 Å². The first kappa shape index (κ1) is 23.8. The maximum absolute atomic E-state index is 13.2. The predicted molar refractivity (Wildman–Crippen MR) is 118 cm³/mol. The van der Waals surface area contributed by atoms with E-state index in [1.807, 2.05) is 27.7 Å². The number of phenolic OH excluding ortho intramolecular Hbond substituents is 1. The van der Waals surface area contributed by atoms with Crippen LogP contribution in [0.15, 0.2) is 18.2 Å². The van der Waals surface area contributed by atoms with Crippen molar-refractivity contribution in [3.63, 3.8) is 0 Å². The molecule has 2 aliphatic carbocycles. The van der Waals surface area contributed by atoms with Crippen LogP contribution < -0.4 is 4.74 Å². The number of benzene rings is 1. The van der Waals surface area contributed by atoms with E-state index in [-0.39, 0.29) is 35.5 Å². The number of aliphatic hydroxyl groups is 1. The number of hydrogen-bond donors (Lipinski definition) is 2. The van der Waals surface area contributed by atoms with Gasteiger partial charge in [0.15, 0.2) is 11.5 Å². The molecule has 0 amide bonds. The molecule has 1 aliphatic heterocycles. The Kier molecular flexibility index (Phi) is 5.69. The number of carbonyl (C=O) groups is 2. The molecule has 1 aromatic carbocycles. The maximum Gasteiger partial charge on any atom is 0.338 e. The van der Waals surface area contributed by atoms with Crippen molar-refractivity contribution in [2.24, 2.45) is 17.3 Å². The highest BCUT2D eigenvalue weighted by molar-refractivity contribution is 5.90. The van der Waals surface area contributed by atoms with Crippen molar-refractivity contribution in [1.82, 2.24) is 0 Å². The summed E-state index contributed by atoms with van der Waals surface area (Å²) in [4.78, 5) is 25.1. The van der Waals surface area contributed by atoms with Gasteiger partial charge in [0.05, 0.1) is 30.0 Å². The smallest absolute Gasteiger partial charge is 0.338 e. The van der Waals surface area contributed by atoms with Gasteiger partial charge >= 0.3 is 11.9 Å². The van der Waals surface area contributed by atoms with Gasteiger partial charge in [-0.15, -0.1) is 0 Å². The molecule has 0 aromatic heterocycles. The molecule has 7 atom stereocenters. The molecule has 182 valence electrons. The van der Waals surface area contributed by atoms with Crippen LogP contribution in [0.4, 0.5) is 0 Å². The number of fused-ring (bicyclic) bond motifs is 2. The summed E-state index contributed by atoms with van der Waals surface area (Å²) < 4.78 is 22.9. The number of aromatic hydroxyl groups is 1. The number of phenols is 1. The number of carbonyl (C=O) groups excluding carboxylic acids is 2. The Bertz CT molecular complexity index is 960. The fraction of sp³-hybridized carbons (Fsp3) is 0.680. The summed E-state index contributed by atoms with van der Waals surface area (Å²) in [6.07, 6.45) is 0.0653. The third kappa shape index (κ3) is 3.87. The van der Waals surface area contributed by atoms with Gasteiger partial charge < -0.3 is 29.2 Å². The van der Waals surface area contributed by atoms with Crippen LogP contribution in [-0.4, -0.2) is 58.8 Å². The van der Waals surface area contributed by atoms with E-state index in [2.05, 4.69) is 0 Å². The number of rotatable bonds is 5. The summed E-state index contributed by atoms with van der Waals surface area (Å²) in [6, 6.07) is 4.28. The molecule has 4 rings (SSSR count). The average molecular weight is 463 g/mol. The van der Waals surface area contributed by atoms with Crippen LogP contribution in [0, 0.1) is 17.3 Å². The molecule has 8 nitrogen and oxygen atoms in total. The summed E-state index contributed by atoms with van der Waals surface area (Å²) in [7, 11) is 1.41.